The molecule has 6 heteroatoms. The lowest BCUT2D eigenvalue weighted by Gasteiger charge is -2.28. The molecule has 128 valence electrons. The maximum Gasteiger partial charge on any atom is 0.332 e. The molecule has 1 aliphatic carbocycles. The molecule has 0 spiro atoms. The van der Waals surface area contributed by atoms with Crippen LogP contribution < -0.4 is 22.3 Å². The Bertz CT molecular complexity index is 846. The van der Waals surface area contributed by atoms with Gasteiger partial charge in [-0.15, -0.1) is 0 Å². The summed E-state index contributed by atoms with van der Waals surface area (Å²) in [5, 5.41) is 3.33. The lowest BCUT2D eigenvalue weighted by Crippen LogP contribution is -2.43. The van der Waals surface area contributed by atoms with Crippen molar-refractivity contribution in [3.8, 4) is 0 Å². The molecule has 1 aliphatic rings. The molecule has 0 atom stereocenters. The lowest BCUT2D eigenvalue weighted by atomic mass is 10.0. The van der Waals surface area contributed by atoms with Crippen LogP contribution in [-0.4, -0.2) is 14.7 Å². The zero-order valence-corrected chi connectivity index (χ0v) is 14.2. The van der Waals surface area contributed by atoms with Gasteiger partial charge < -0.3 is 11.1 Å². The summed E-state index contributed by atoms with van der Waals surface area (Å²) in [5.41, 5.74) is 6.61. The number of nitrogens with one attached hydrogen (secondary N) is 1. The van der Waals surface area contributed by atoms with Crippen molar-refractivity contribution in [2.45, 2.75) is 44.7 Å². The minimum Gasteiger partial charge on any atom is -0.383 e. The van der Waals surface area contributed by atoms with Crippen LogP contribution in [0.25, 0.3) is 0 Å². The average molecular weight is 328 g/mol. The molecule has 6 nitrogen and oxygen atoms in total. The first-order chi connectivity index (χ1) is 11.4. The number of aromatic nitrogens is 2. The number of benzene rings is 1. The molecule has 1 aromatic heterocycles. The third-order valence-corrected chi connectivity index (χ3v) is 4.90. The summed E-state index contributed by atoms with van der Waals surface area (Å²) in [6, 6.07) is 9.61. The molecule has 0 aliphatic heterocycles. The van der Waals surface area contributed by atoms with Gasteiger partial charge in [0.15, 0.2) is 0 Å². The van der Waals surface area contributed by atoms with E-state index in [9.17, 15) is 9.59 Å². The molecule has 1 heterocycles. The van der Waals surface area contributed by atoms with Crippen molar-refractivity contribution in [1.82, 2.24) is 9.13 Å². The first kappa shape index (κ1) is 16.4. The quantitative estimate of drug-likeness (QED) is 0.898. The molecule has 2 aromatic rings. The van der Waals surface area contributed by atoms with Gasteiger partial charge in [-0.2, -0.15) is 0 Å². The Labute approximate surface area is 140 Å². The Balaban J connectivity index is 2.06. The fraction of sp³-hybridized carbons (Fsp3) is 0.444. The summed E-state index contributed by atoms with van der Waals surface area (Å²) >= 11 is 0. The van der Waals surface area contributed by atoms with Gasteiger partial charge in [-0.1, -0.05) is 43.2 Å². The largest absolute Gasteiger partial charge is 0.383 e. The molecule has 1 aromatic carbocycles. The Morgan fingerprint density at radius 3 is 2.42 bits per heavy atom. The Morgan fingerprint density at radius 1 is 1.17 bits per heavy atom. The SMILES string of the molecule is Cn1c(=O)c(NC2(C)CCCC2)c(N)n(Cc2ccccc2)c1=O. The third kappa shape index (κ3) is 2.96. The van der Waals surface area contributed by atoms with Gasteiger partial charge >= 0.3 is 5.69 Å². The molecule has 0 amide bonds. The minimum absolute atomic E-state index is 0.144. The first-order valence-corrected chi connectivity index (χ1v) is 8.33. The molecule has 0 saturated heterocycles. The highest BCUT2D eigenvalue weighted by molar-refractivity contribution is 5.62. The normalized spacial score (nSPS) is 16.2. The molecule has 1 fully saturated rings. The second-order valence-corrected chi connectivity index (χ2v) is 6.87. The molecule has 3 N–H and O–H groups in total. The van der Waals surface area contributed by atoms with Gasteiger partial charge in [-0.05, 0) is 25.3 Å². The Morgan fingerprint density at radius 2 is 1.79 bits per heavy atom. The number of hydrogen-bond acceptors (Lipinski definition) is 4. The summed E-state index contributed by atoms with van der Waals surface area (Å²) in [6.45, 7) is 2.44. The minimum atomic E-state index is -0.400. The van der Waals surface area contributed by atoms with E-state index in [2.05, 4.69) is 12.2 Å². The highest BCUT2D eigenvalue weighted by Crippen LogP contribution is 2.32. The van der Waals surface area contributed by atoms with Gasteiger partial charge in [0.1, 0.15) is 11.5 Å². The lowest BCUT2D eigenvalue weighted by molar-refractivity contribution is 0.529. The second-order valence-electron chi connectivity index (χ2n) is 6.87. The summed E-state index contributed by atoms with van der Waals surface area (Å²) in [6.07, 6.45) is 4.25. The number of hydrogen-bond donors (Lipinski definition) is 2. The maximum absolute atomic E-state index is 12.6. The molecule has 0 unspecified atom stereocenters. The molecule has 3 rings (SSSR count). The fourth-order valence-electron chi connectivity index (χ4n) is 3.40. The molecule has 24 heavy (non-hydrogen) atoms. The van der Waals surface area contributed by atoms with Crippen molar-refractivity contribution in [1.29, 1.82) is 0 Å². The van der Waals surface area contributed by atoms with Crippen molar-refractivity contribution in [3.63, 3.8) is 0 Å². The predicted octanol–water partition coefficient (Wildman–Crippen LogP) is 1.92. The van der Waals surface area contributed by atoms with Crippen LogP contribution in [0.15, 0.2) is 39.9 Å². The van der Waals surface area contributed by atoms with Crippen LogP contribution >= 0.6 is 0 Å². The highest BCUT2D eigenvalue weighted by atomic mass is 16.2. The summed E-state index contributed by atoms with van der Waals surface area (Å²) in [4.78, 5) is 25.1. The van der Waals surface area contributed by atoms with E-state index in [0.717, 1.165) is 35.8 Å². The van der Waals surface area contributed by atoms with E-state index in [1.165, 1.54) is 11.6 Å². The number of anilines is 2. The third-order valence-electron chi connectivity index (χ3n) is 4.90. The van der Waals surface area contributed by atoms with Gasteiger partial charge in [0, 0.05) is 12.6 Å². The Hall–Kier alpha value is -2.50. The van der Waals surface area contributed by atoms with E-state index in [4.69, 9.17) is 5.73 Å². The fourth-order valence-corrected chi connectivity index (χ4v) is 3.40. The van der Waals surface area contributed by atoms with Gasteiger partial charge in [0.05, 0.1) is 6.54 Å². The van der Waals surface area contributed by atoms with E-state index >= 15 is 0 Å². The average Bonchev–Trinajstić information content (AvgIpc) is 3.01. The van der Waals surface area contributed by atoms with Crippen LogP contribution in [0.4, 0.5) is 11.5 Å². The second kappa shape index (κ2) is 6.19. The van der Waals surface area contributed by atoms with E-state index in [1.807, 2.05) is 30.3 Å². The van der Waals surface area contributed by atoms with Crippen molar-refractivity contribution < 1.29 is 0 Å². The number of nitrogens with two attached hydrogens (primary N) is 1. The van der Waals surface area contributed by atoms with E-state index in [-0.39, 0.29) is 16.9 Å². The van der Waals surface area contributed by atoms with E-state index in [1.54, 1.807) is 0 Å². The smallest absolute Gasteiger partial charge is 0.332 e. The standard InChI is InChI=1S/C18H24N4O2/c1-18(10-6-7-11-18)20-14-15(19)22(17(24)21(2)16(14)23)12-13-8-4-3-5-9-13/h3-5,8-9,20H,6-7,10-12,19H2,1-2H3. The van der Waals surface area contributed by atoms with Crippen LogP contribution in [-0.2, 0) is 13.6 Å². The Kier molecular flexibility index (Phi) is 4.22. The first-order valence-electron chi connectivity index (χ1n) is 8.33. The number of nitrogen functional groups attached to an aromatic ring is 1. The topological polar surface area (TPSA) is 82.0 Å². The summed E-state index contributed by atoms with van der Waals surface area (Å²) < 4.78 is 2.58. The van der Waals surface area contributed by atoms with Crippen LogP contribution in [0, 0.1) is 0 Å². The van der Waals surface area contributed by atoms with Crippen molar-refractivity contribution in [2.24, 2.45) is 7.05 Å². The molecular weight excluding hydrogens is 304 g/mol. The monoisotopic (exact) mass is 328 g/mol. The molecule has 0 radical (unpaired) electrons. The van der Waals surface area contributed by atoms with Crippen LogP contribution in [0.5, 0.6) is 0 Å². The van der Waals surface area contributed by atoms with Crippen molar-refractivity contribution in [2.75, 3.05) is 11.1 Å². The van der Waals surface area contributed by atoms with Crippen molar-refractivity contribution in [3.05, 3.63) is 56.7 Å². The summed E-state index contributed by atoms with van der Waals surface area (Å²) in [5.74, 6) is 0.208. The summed E-state index contributed by atoms with van der Waals surface area (Å²) in [7, 11) is 1.49. The van der Waals surface area contributed by atoms with Crippen LogP contribution in [0.1, 0.15) is 38.2 Å². The van der Waals surface area contributed by atoms with Gasteiger partial charge in [0.25, 0.3) is 5.56 Å². The van der Waals surface area contributed by atoms with Gasteiger partial charge in [-0.25, -0.2) is 4.79 Å². The van der Waals surface area contributed by atoms with E-state index in [0.29, 0.717) is 12.2 Å². The number of rotatable bonds is 4. The van der Waals surface area contributed by atoms with Crippen LogP contribution in [0.3, 0.4) is 0 Å². The van der Waals surface area contributed by atoms with Gasteiger partial charge in [-0.3, -0.25) is 13.9 Å². The maximum atomic E-state index is 12.6. The predicted molar refractivity (Wildman–Crippen MR) is 96.4 cm³/mol. The van der Waals surface area contributed by atoms with Gasteiger partial charge in [0.2, 0.25) is 0 Å². The van der Waals surface area contributed by atoms with Crippen molar-refractivity contribution >= 4 is 11.5 Å². The zero-order chi connectivity index (χ0) is 17.3. The van der Waals surface area contributed by atoms with Crippen LogP contribution in [0.2, 0.25) is 0 Å². The van der Waals surface area contributed by atoms with E-state index < -0.39 is 5.69 Å². The molecule has 0 bridgehead atoms. The molecule has 1 saturated carbocycles. The molecular formula is C18H24N4O2. The highest BCUT2D eigenvalue weighted by Gasteiger charge is 2.30. The zero-order valence-electron chi connectivity index (χ0n) is 14.2. The number of nitrogens with zero attached hydrogens (tertiary/aromatic N) is 2.